The summed E-state index contributed by atoms with van der Waals surface area (Å²) in [5.74, 6) is -1.43. The molecule has 2 aromatic rings. The fourth-order valence-corrected chi connectivity index (χ4v) is 2.00. The van der Waals surface area contributed by atoms with E-state index in [0.29, 0.717) is 11.3 Å². The van der Waals surface area contributed by atoms with Gasteiger partial charge in [-0.1, -0.05) is 6.07 Å². The predicted octanol–water partition coefficient (Wildman–Crippen LogP) is 2.11. The highest BCUT2D eigenvalue weighted by atomic mass is 16.5. The van der Waals surface area contributed by atoms with Crippen LogP contribution >= 0.6 is 0 Å². The Kier molecular flexibility index (Phi) is 5.73. The first-order valence-corrected chi connectivity index (χ1v) is 7.49. The molecule has 0 heterocycles. The number of phenols is 1. The first-order chi connectivity index (χ1) is 11.9. The SMILES string of the molecule is COc1cc(C=NNC(=O)C(=O)Nc2ccc(C)c(C)c2)ccc1O. The lowest BCUT2D eigenvalue weighted by molar-refractivity contribution is -0.136. The van der Waals surface area contributed by atoms with E-state index in [-0.39, 0.29) is 11.5 Å². The summed E-state index contributed by atoms with van der Waals surface area (Å²) in [6, 6.07) is 9.93. The smallest absolute Gasteiger partial charge is 0.329 e. The van der Waals surface area contributed by atoms with Crippen molar-refractivity contribution in [3.63, 3.8) is 0 Å². The van der Waals surface area contributed by atoms with Crippen LogP contribution in [0.4, 0.5) is 5.69 Å². The van der Waals surface area contributed by atoms with Crippen LogP contribution in [0, 0.1) is 13.8 Å². The van der Waals surface area contributed by atoms with Crippen molar-refractivity contribution in [2.75, 3.05) is 12.4 Å². The van der Waals surface area contributed by atoms with E-state index in [4.69, 9.17) is 4.74 Å². The maximum atomic E-state index is 11.8. The minimum atomic E-state index is -0.889. The Morgan fingerprint density at radius 2 is 1.84 bits per heavy atom. The van der Waals surface area contributed by atoms with E-state index in [2.05, 4.69) is 15.8 Å². The van der Waals surface area contributed by atoms with Gasteiger partial charge < -0.3 is 15.2 Å². The fraction of sp³-hybridized carbons (Fsp3) is 0.167. The van der Waals surface area contributed by atoms with Gasteiger partial charge in [-0.3, -0.25) is 9.59 Å². The van der Waals surface area contributed by atoms with Crippen LogP contribution in [0.2, 0.25) is 0 Å². The lowest BCUT2D eigenvalue weighted by Crippen LogP contribution is -2.32. The minimum absolute atomic E-state index is 0.00328. The van der Waals surface area contributed by atoms with E-state index in [9.17, 15) is 14.7 Å². The number of methoxy groups -OCH3 is 1. The number of rotatable bonds is 4. The zero-order valence-electron chi connectivity index (χ0n) is 14.2. The summed E-state index contributed by atoms with van der Waals surface area (Å²) in [5, 5.41) is 15.7. The number of amides is 2. The first kappa shape index (κ1) is 18.0. The Morgan fingerprint density at radius 3 is 2.52 bits per heavy atom. The van der Waals surface area contributed by atoms with Gasteiger partial charge in [-0.2, -0.15) is 5.10 Å². The van der Waals surface area contributed by atoms with Crippen LogP contribution in [-0.2, 0) is 9.59 Å². The summed E-state index contributed by atoms with van der Waals surface area (Å²) < 4.78 is 4.97. The Hall–Kier alpha value is -3.35. The highest BCUT2D eigenvalue weighted by molar-refractivity contribution is 6.39. The molecule has 0 atom stereocenters. The second-order valence-corrected chi connectivity index (χ2v) is 5.38. The van der Waals surface area contributed by atoms with Gasteiger partial charge in [0.15, 0.2) is 11.5 Å². The average molecular weight is 341 g/mol. The normalized spacial score (nSPS) is 10.5. The Morgan fingerprint density at radius 1 is 1.08 bits per heavy atom. The van der Waals surface area contributed by atoms with Crippen molar-refractivity contribution in [1.82, 2.24) is 5.43 Å². The van der Waals surface area contributed by atoms with Gasteiger partial charge in [-0.25, -0.2) is 5.43 Å². The third kappa shape index (κ3) is 4.81. The lowest BCUT2D eigenvalue weighted by atomic mass is 10.1. The van der Waals surface area contributed by atoms with Gasteiger partial charge in [-0.05, 0) is 60.9 Å². The molecule has 0 spiro atoms. The van der Waals surface area contributed by atoms with Gasteiger partial charge in [-0.15, -0.1) is 0 Å². The number of benzene rings is 2. The van der Waals surface area contributed by atoms with Gasteiger partial charge >= 0.3 is 11.8 Å². The highest BCUT2D eigenvalue weighted by Gasteiger charge is 2.13. The van der Waals surface area contributed by atoms with E-state index in [1.807, 2.05) is 19.9 Å². The lowest BCUT2D eigenvalue weighted by Gasteiger charge is -2.06. The molecule has 2 rings (SSSR count). The molecule has 2 aromatic carbocycles. The molecule has 0 aromatic heterocycles. The van der Waals surface area contributed by atoms with Crippen molar-refractivity contribution in [2.45, 2.75) is 13.8 Å². The molecule has 3 N–H and O–H groups in total. The zero-order chi connectivity index (χ0) is 18.4. The number of carbonyl (C=O) groups excluding carboxylic acids is 2. The molecular formula is C18H19N3O4. The fourth-order valence-electron chi connectivity index (χ4n) is 2.00. The monoisotopic (exact) mass is 341 g/mol. The highest BCUT2D eigenvalue weighted by Crippen LogP contribution is 2.25. The predicted molar refractivity (Wildman–Crippen MR) is 94.9 cm³/mol. The molecule has 0 aliphatic rings. The van der Waals surface area contributed by atoms with Gasteiger partial charge in [0, 0.05) is 5.69 Å². The average Bonchev–Trinajstić information content (AvgIpc) is 2.59. The molecule has 0 unspecified atom stereocenters. The largest absolute Gasteiger partial charge is 0.504 e. The maximum absolute atomic E-state index is 11.8. The zero-order valence-corrected chi connectivity index (χ0v) is 14.2. The molecule has 0 saturated heterocycles. The quantitative estimate of drug-likeness (QED) is 0.450. The van der Waals surface area contributed by atoms with Crippen LogP contribution in [0.5, 0.6) is 11.5 Å². The van der Waals surface area contributed by atoms with Crippen LogP contribution in [0.1, 0.15) is 16.7 Å². The van der Waals surface area contributed by atoms with Crippen LogP contribution < -0.4 is 15.5 Å². The van der Waals surface area contributed by atoms with Gasteiger partial charge in [0.05, 0.1) is 13.3 Å². The summed E-state index contributed by atoms with van der Waals surface area (Å²) in [6.45, 7) is 3.88. The van der Waals surface area contributed by atoms with Gasteiger partial charge in [0.2, 0.25) is 0 Å². The third-order valence-electron chi connectivity index (χ3n) is 3.55. The van der Waals surface area contributed by atoms with Crippen LogP contribution in [0.15, 0.2) is 41.5 Å². The molecule has 7 heteroatoms. The van der Waals surface area contributed by atoms with Crippen molar-refractivity contribution < 1.29 is 19.4 Å². The molecule has 7 nitrogen and oxygen atoms in total. The van der Waals surface area contributed by atoms with Crippen LogP contribution in [0.3, 0.4) is 0 Å². The number of aromatic hydroxyl groups is 1. The number of phenolic OH excluding ortho intramolecular Hbond substituents is 1. The summed E-state index contributed by atoms with van der Waals surface area (Å²) in [4.78, 5) is 23.6. The number of carbonyl (C=O) groups is 2. The molecule has 0 fully saturated rings. The number of hydrogen-bond donors (Lipinski definition) is 3. The van der Waals surface area contributed by atoms with Crippen molar-refractivity contribution in [2.24, 2.45) is 5.10 Å². The number of hydrogen-bond acceptors (Lipinski definition) is 5. The molecule has 25 heavy (non-hydrogen) atoms. The van der Waals surface area contributed by atoms with Crippen LogP contribution in [0.25, 0.3) is 0 Å². The topological polar surface area (TPSA) is 100 Å². The molecular weight excluding hydrogens is 322 g/mol. The summed E-state index contributed by atoms with van der Waals surface area (Å²) >= 11 is 0. The number of hydrazone groups is 1. The summed E-state index contributed by atoms with van der Waals surface area (Å²) in [6.07, 6.45) is 1.34. The summed E-state index contributed by atoms with van der Waals surface area (Å²) in [7, 11) is 1.43. The second-order valence-electron chi connectivity index (χ2n) is 5.38. The number of aryl methyl sites for hydroxylation is 2. The number of anilines is 1. The van der Waals surface area contributed by atoms with Crippen molar-refractivity contribution in [1.29, 1.82) is 0 Å². The standard InChI is InChI=1S/C18H19N3O4/c1-11-4-6-14(8-12(11)2)20-17(23)18(24)21-19-10-13-5-7-15(22)16(9-13)25-3/h4-10,22H,1-3H3,(H,20,23)(H,21,24). The van der Waals surface area contributed by atoms with Crippen molar-refractivity contribution in [3.05, 3.63) is 53.1 Å². The maximum Gasteiger partial charge on any atom is 0.329 e. The first-order valence-electron chi connectivity index (χ1n) is 7.49. The Bertz CT molecular complexity index is 831. The number of ether oxygens (including phenoxy) is 1. The van der Waals surface area contributed by atoms with E-state index in [1.165, 1.54) is 19.4 Å². The van der Waals surface area contributed by atoms with E-state index in [1.54, 1.807) is 24.3 Å². The van der Waals surface area contributed by atoms with Crippen molar-refractivity contribution in [3.8, 4) is 11.5 Å². The van der Waals surface area contributed by atoms with E-state index in [0.717, 1.165) is 11.1 Å². The molecule has 130 valence electrons. The van der Waals surface area contributed by atoms with Gasteiger partial charge in [0.25, 0.3) is 0 Å². The summed E-state index contributed by atoms with van der Waals surface area (Å²) in [5.41, 5.74) is 5.37. The minimum Gasteiger partial charge on any atom is -0.504 e. The molecule has 2 amide bonds. The van der Waals surface area contributed by atoms with Crippen LogP contribution in [-0.4, -0.2) is 30.2 Å². The molecule has 0 aliphatic carbocycles. The van der Waals surface area contributed by atoms with E-state index >= 15 is 0 Å². The second kappa shape index (κ2) is 7.96. The molecule has 0 saturated carbocycles. The van der Waals surface area contributed by atoms with Crippen molar-refractivity contribution >= 4 is 23.7 Å². The third-order valence-corrected chi connectivity index (χ3v) is 3.55. The Labute approximate surface area is 145 Å². The Balaban J connectivity index is 1.94. The van der Waals surface area contributed by atoms with E-state index < -0.39 is 11.8 Å². The van der Waals surface area contributed by atoms with Gasteiger partial charge in [0.1, 0.15) is 0 Å². The molecule has 0 radical (unpaired) electrons. The number of nitrogens with one attached hydrogen (secondary N) is 2. The molecule has 0 aliphatic heterocycles. The number of nitrogens with zero attached hydrogens (tertiary/aromatic N) is 1. The molecule has 0 bridgehead atoms.